The number of carbonyl (C=O) groups is 2. The minimum Gasteiger partial charge on any atom is -0.493 e. The number of hydrogen-bond acceptors (Lipinski definition) is 4. The SMILES string of the molecule is CC(C)CCOc1ccc(Br)cc1C(=O)N1CCCN(C(=O)c2cc(Br)ccc2OCCC(C)C)CC1. The van der Waals surface area contributed by atoms with E-state index < -0.39 is 0 Å². The minimum atomic E-state index is -0.0738. The van der Waals surface area contributed by atoms with Crippen LogP contribution in [-0.4, -0.2) is 61.0 Å². The lowest BCUT2D eigenvalue weighted by molar-refractivity contribution is 0.0713. The van der Waals surface area contributed by atoms with E-state index in [1.165, 1.54) is 0 Å². The van der Waals surface area contributed by atoms with E-state index >= 15 is 0 Å². The molecule has 202 valence electrons. The van der Waals surface area contributed by atoms with Crippen molar-refractivity contribution in [2.75, 3.05) is 39.4 Å². The van der Waals surface area contributed by atoms with Crippen molar-refractivity contribution >= 4 is 43.7 Å². The van der Waals surface area contributed by atoms with E-state index in [1.54, 1.807) is 0 Å². The Balaban J connectivity index is 1.70. The Kier molecular flexibility index (Phi) is 11.3. The second-order valence-corrected chi connectivity index (χ2v) is 12.1. The second-order valence-electron chi connectivity index (χ2n) is 10.3. The summed E-state index contributed by atoms with van der Waals surface area (Å²) >= 11 is 6.99. The van der Waals surface area contributed by atoms with E-state index in [-0.39, 0.29) is 11.8 Å². The van der Waals surface area contributed by atoms with Crippen LogP contribution < -0.4 is 9.47 Å². The molecule has 0 atom stereocenters. The standard InChI is InChI=1S/C29H38Br2N2O4/c1-20(2)10-16-36-26-8-6-22(30)18-24(26)28(34)32-12-5-13-33(15-14-32)29(35)25-19-23(31)7-9-27(25)37-17-11-21(3)4/h6-9,18-21H,5,10-17H2,1-4H3. The van der Waals surface area contributed by atoms with Crippen molar-refractivity contribution in [3.05, 3.63) is 56.5 Å². The maximum Gasteiger partial charge on any atom is 0.257 e. The third kappa shape index (κ3) is 8.74. The van der Waals surface area contributed by atoms with Crippen molar-refractivity contribution in [1.29, 1.82) is 0 Å². The molecule has 0 unspecified atom stereocenters. The van der Waals surface area contributed by atoms with Gasteiger partial charge in [0, 0.05) is 35.1 Å². The van der Waals surface area contributed by atoms with Crippen LogP contribution >= 0.6 is 31.9 Å². The first-order valence-corrected chi connectivity index (χ1v) is 14.7. The maximum absolute atomic E-state index is 13.5. The fourth-order valence-corrected chi connectivity index (χ4v) is 4.79. The molecule has 2 aromatic carbocycles. The van der Waals surface area contributed by atoms with Gasteiger partial charge in [-0.2, -0.15) is 0 Å². The maximum atomic E-state index is 13.5. The summed E-state index contributed by atoms with van der Waals surface area (Å²) in [6, 6.07) is 11.1. The summed E-state index contributed by atoms with van der Waals surface area (Å²) in [5.74, 6) is 2.10. The van der Waals surface area contributed by atoms with Crippen molar-refractivity contribution < 1.29 is 19.1 Å². The highest BCUT2D eigenvalue weighted by Gasteiger charge is 2.27. The summed E-state index contributed by atoms with van der Waals surface area (Å²) in [5, 5.41) is 0. The zero-order valence-electron chi connectivity index (χ0n) is 22.3. The van der Waals surface area contributed by atoms with Crippen LogP contribution in [0.2, 0.25) is 0 Å². The molecule has 1 saturated heterocycles. The van der Waals surface area contributed by atoms with E-state index in [0.717, 1.165) is 21.8 Å². The summed E-state index contributed by atoms with van der Waals surface area (Å²) in [7, 11) is 0. The zero-order valence-corrected chi connectivity index (χ0v) is 25.4. The van der Waals surface area contributed by atoms with Crippen LogP contribution in [0, 0.1) is 11.8 Å². The van der Waals surface area contributed by atoms with Gasteiger partial charge in [0.05, 0.1) is 24.3 Å². The van der Waals surface area contributed by atoms with Crippen LogP contribution in [0.25, 0.3) is 0 Å². The molecular weight excluding hydrogens is 600 g/mol. The van der Waals surface area contributed by atoms with Gasteiger partial charge in [-0.05, 0) is 67.5 Å². The second kappa shape index (κ2) is 14.2. The van der Waals surface area contributed by atoms with Crippen LogP contribution in [0.1, 0.15) is 67.7 Å². The van der Waals surface area contributed by atoms with Crippen LogP contribution in [0.3, 0.4) is 0 Å². The highest BCUT2D eigenvalue weighted by atomic mass is 79.9. The molecule has 2 aromatic rings. The molecule has 0 N–H and O–H groups in total. The Bertz CT molecular complexity index is 990. The van der Waals surface area contributed by atoms with Gasteiger partial charge in [0.25, 0.3) is 11.8 Å². The molecule has 1 aliphatic rings. The number of ether oxygens (including phenoxy) is 2. The monoisotopic (exact) mass is 636 g/mol. The summed E-state index contributed by atoms with van der Waals surface area (Å²) < 4.78 is 13.6. The van der Waals surface area contributed by atoms with Crippen molar-refractivity contribution in [3.63, 3.8) is 0 Å². The Labute approximate surface area is 237 Å². The predicted molar refractivity (Wildman–Crippen MR) is 155 cm³/mol. The highest BCUT2D eigenvalue weighted by molar-refractivity contribution is 9.10. The molecule has 2 amide bonds. The number of amides is 2. The van der Waals surface area contributed by atoms with Crippen molar-refractivity contribution in [2.45, 2.75) is 47.0 Å². The van der Waals surface area contributed by atoms with Gasteiger partial charge in [0.1, 0.15) is 11.5 Å². The Morgan fingerprint density at radius 1 is 0.730 bits per heavy atom. The molecule has 8 heteroatoms. The number of carbonyl (C=O) groups excluding carboxylic acids is 2. The molecule has 0 aliphatic carbocycles. The predicted octanol–water partition coefficient (Wildman–Crippen LogP) is 7.05. The highest BCUT2D eigenvalue weighted by Crippen LogP contribution is 2.28. The van der Waals surface area contributed by atoms with Gasteiger partial charge in [0.2, 0.25) is 0 Å². The smallest absolute Gasteiger partial charge is 0.257 e. The van der Waals surface area contributed by atoms with Crippen LogP contribution in [0.5, 0.6) is 11.5 Å². The van der Waals surface area contributed by atoms with E-state index in [1.807, 2.05) is 46.2 Å². The van der Waals surface area contributed by atoms with Crippen LogP contribution in [0.15, 0.2) is 45.3 Å². The molecular formula is C29H38Br2N2O4. The number of hydrogen-bond donors (Lipinski definition) is 0. The topological polar surface area (TPSA) is 59.1 Å². The lowest BCUT2D eigenvalue weighted by Gasteiger charge is -2.24. The molecule has 1 aliphatic heterocycles. The molecule has 0 bridgehead atoms. The molecule has 0 aromatic heterocycles. The third-order valence-electron chi connectivity index (χ3n) is 6.32. The molecule has 1 fully saturated rings. The summed E-state index contributed by atoms with van der Waals surface area (Å²) in [4.78, 5) is 30.7. The third-order valence-corrected chi connectivity index (χ3v) is 7.31. The van der Waals surface area contributed by atoms with E-state index in [0.29, 0.717) is 80.3 Å². The largest absolute Gasteiger partial charge is 0.493 e. The van der Waals surface area contributed by atoms with Crippen LogP contribution in [-0.2, 0) is 0 Å². The zero-order chi connectivity index (χ0) is 26.9. The number of nitrogens with zero attached hydrogens (tertiary/aromatic N) is 2. The van der Waals surface area contributed by atoms with Crippen molar-refractivity contribution in [3.8, 4) is 11.5 Å². The molecule has 1 heterocycles. The Morgan fingerprint density at radius 2 is 1.14 bits per heavy atom. The first kappa shape index (κ1) is 29.5. The quantitative estimate of drug-likeness (QED) is 0.280. The summed E-state index contributed by atoms with van der Waals surface area (Å²) in [6.45, 7) is 11.8. The van der Waals surface area contributed by atoms with Gasteiger partial charge in [-0.3, -0.25) is 9.59 Å². The van der Waals surface area contributed by atoms with Gasteiger partial charge in [-0.15, -0.1) is 0 Å². The van der Waals surface area contributed by atoms with Gasteiger partial charge >= 0.3 is 0 Å². The first-order chi connectivity index (χ1) is 17.7. The van der Waals surface area contributed by atoms with Gasteiger partial charge in [-0.1, -0.05) is 59.6 Å². The molecule has 0 saturated carbocycles. The molecule has 6 nitrogen and oxygen atoms in total. The van der Waals surface area contributed by atoms with Crippen molar-refractivity contribution in [2.24, 2.45) is 11.8 Å². The lowest BCUT2D eigenvalue weighted by Crippen LogP contribution is -2.37. The summed E-state index contributed by atoms with van der Waals surface area (Å²) in [6.07, 6.45) is 2.54. The van der Waals surface area contributed by atoms with Crippen LogP contribution in [0.4, 0.5) is 0 Å². The Hall–Kier alpha value is -2.06. The fraction of sp³-hybridized carbons (Fsp3) is 0.517. The van der Waals surface area contributed by atoms with E-state index in [2.05, 4.69) is 59.6 Å². The molecule has 0 radical (unpaired) electrons. The molecule has 37 heavy (non-hydrogen) atoms. The summed E-state index contributed by atoms with van der Waals surface area (Å²) in [5.41, 5.74) is 1.09. The average Bonchev–Trinajstić information content (AvgIpc) is 3.11. The normalized spacial score (nSPS) is 14.2. The lowest BCUT2D eigenvalue weighted by atomic mass is 10.1. The van der Waals surface area contributed by atoms with E-state index in [4.69, 9.17) is 9.47 Å². The molecule has 0 spiro atoms. The number of rotatable bonds is 10. The van der Waals surface area contributed by atoms with Gasteiger partial charge in [-0.25, -0.2) is 0 Å². The van der Waals surface area contributed by atoms with Crippen molar-refractivity contribution in [1.82, 2.24) is 9.80 Å². The van der Waals surface area contributed by atoms with Gasteiger partial charge < -0.3 is 19.3 Å². The Morgan fingerprint density at radius 3 is 1.51 bits per heavy atom. The number of benzene rings is 2. The molecule has 3 rings (SSSR count). The van der Waals surface area contributed by atoms with E-state index in [9.17, 15) is 9.59 Å². The average molecular weight is 638 g/mol. The fourth-order valence-electron chi connectivity index (χ4n) is 4.06. The number of halogens is 2. The minimum absolute atomic E-state index is 0.0738. The van der Waals surface area contributed by atoms with Gasteiger partial charge in [0.15, 0.2) is 0 Å². The first-order valence-electron chi connectivity index (χ1n) is 13.1.